The van der Waals surface area contributed by atoms with Crippen LogP contribution in [0.5, 0.6) is 0 Å². The first kappa shape index (κ1) is 57.1. The highest BCUT2D eigenvalue weighted by Crippen LogP contribution is 2.47. The molecular weight excluding hydrogens is 877 g/mol. The number of hydrogen-bond donors (Lipinski definition) is 0. The number of hydrogen-bond acceptors (Lipinski definition) is 8. The third-order valence-corrected chi connectivity index (χ3v) is 19.9. The van der Waals surface area contributed by atoms with Crippen LogP contribution in [0.25, 0.3) is 0 Å². The van der Waals surface area contributed by atoms with E-state index in [1.807, 2.05) is 0 Å². The van der Waals surface area contributed by atoms with Crippen molar-refractivity contribution in [1.82, 2.24) is 0 Å². The normalized spacial score (nSPS) is 32.0. The predicted molar refractivity (Wildman–Crippen MR) is 293 cm³/mol. The minimum absolute atomic E-state index is 0.301. The van der Waals surface area contributed by atoms with Crippen molar-refractivity contribution in [3.05, 3.63) is 0 Å². The first-order chi connectivity index (χ1) is 30.5. The third-order valence-electron chi connectivity index (χ3n) is 18.6. The summed E-state index contributed by atoms with van der Waals surface area (Å²) in [6, 6.07) is 0. The minimum atomic E-state index is -0.709. The Kier molecular flexibility index (Phi) is 23.0. The fraction of sp³-hybridized carbons (Fsp3) is 0.930. The average Bonchev–Trinajstić information content (AvgIpc) is 3.26. The summed E-state index contributed by atoms with van der Waals surface area (Å²) in [6.07, 6.45) is 27.8. The van der Waals surface area contributed by atoms with Gasteiger partial charge in [0.05, 0.1) is 0 Å². The van der Waals surface area contributed by atoms with Crippen molar-refractivity contribution in [2.45, 2.75) is 237 Å². The van der Waals surface area contributed by atoms with E-state index < -0.39 is 5.41 Å². The molecule has 0 aromatic carbocycles. The Morgan fingerprint density at radius 1 is 0.369 bits per heavy atom. The van der Waals surface area contributed by atoms with Gasteiger partial charge in [0.25, 0.3) is 0 Å². The molecule has 0 radical (unpaired) electrons. The fourth-order valence-corrected chi connectivity index (χ4v) is 12.7. The van der Waals surface area contributed by atoms with Crippen molar-refractivity contribution >= 4 is 69.1 Å². The molecule has 0 saturated heterocycles. The molecular formula is C57H100O4S4. The molecule has 0 atom stereocenters. The maximum absolute atomic E-state index is 6.66. The standard InChI is InChI=1S/C57H100O4S4/c1-41(2)45-13-25-53(9,26-14-45)33-21-49(62)58-37-57(38-59-50(63)22-34-54(10)27-15-46(16-28-54)42(3)4,39-60-51(64)23-35-55(11)29-17-47(18-30-55)43(5)6)40-61-52(65)24-36-56(12)31-19-48(20-32-56)44(7)8/h41-48H,13-40H2,1-12H3. The zero-order chi connectivity index (χ0) is 48.1. The van der Waals surface area contributed by atoms with Gasteiger partial charge in [-0.1, -0.05) is 83.1 Å². The molecule has 0 spiro atoms. The minimum Gasteiger partial charge on any atom is -0.486 e. The van der Waals surface area contributed by atoms with Crippen molar-refractivity contribution in [3.8, 4) is 0 Å². The van der Waals surface area contributed by atoms with E-state index in [-0.39, 0.29) is 0 Å². The molecule has 376 valence electrons. The summed E-state index contributed by atoms with van der Waals surface area (Å²) in [7, 11) is 0. The van der Waals surface area contributed by atoms with Gasteiger partial charge < -0.3 is 18.9 Å². The van der Waals surface area contributed by atoms with Gasteiger partial charge in [-0.15, -0.1) is 0 Å². The van der Waals surface area contributed by atoms with E-state index >= 15 is 0 Å². The summed E-state index contributed by atoms with van der Waals surface area (Å²) in [5.74, 6) is 6.37. The Morgan fingerprint density at radius 2 is 0.538 bits per heavy atom. The molecule has 4 nitrogen and oxygen atoms in total. The smallest absolute Gasteiger partial charge is 0.159 e. The lowest BCUT2D eigenvalue weighted by Crippen LogP contribution is -2.43. The van der Waals surface area contributed by atoms with Gasteiger partial charge in [0.15, 0.2) is 20.2 Å². The summed E-state index contributed by atoms with van der Waals surface area (Å²) in [4.78, 5) is 0. The highest BCUT2D eigenvalue weighted by atomic mass is 32.1. The van der Waals surface area contributed by atoms with Crippen LogP contribution in [0.4, 0.5) is 0 Å². The highest BCUT2D eigenvalue weighted by Gasteiger charge is 2.40. The molecule has 0 aliphatic heterocycles. The summed E-state index contributed by atoms with van der Waals surface area (Å²) < 4.78 is 26.7. The van der Waals surface area contributed by atoms with Crippen molar-refractivity contribution in [3.63, 3.8) is 0 Å². The molecule has 0 N–H and O–H groups in total. The van der Waals surface area contributed by atoms with Crippen LogP contribution < -0.4 is 0 Å². The van der Waals surface area contributed by atoms with Crippen molar-refractivity contribution in [1.29, 1.82) is 0 Å². The molecule has 0 unspecified atom stereocenters. The zero-order valence-corrected chi connectivity index (χ0v) is 47.4. The number of ether oxygens (including phenoxy) is 4. The Labute approximate surface area is 423 Å². The SMILES string of the molecule is CC(C)C1CCC(C)(CCC(=S)OCC(COC(=S)CCC2(C)CCC(C(C)C)CC2)(COC(=S)CCC2(C)CCC(C(C)C)CC2)COC(=S)CCC2(C)CCC(C(C)C)CC2)CC1. The largest absolute Gasteiger partial charge is 0.486 e. The second-order valence-electron chi connectivity index (χ2n) is 25.7. The fourth-order valence-electron chi connectivity index (χ4n) is 12.1. The Hall–Kier alpha value is -0.440. The molecule has 0 aromatic heterocycles. The predicted octanol–water partition coefficient (Wildman–Crippen LogP) is 17.9. The van der Waals surface area contributed by atoms with Crippen molar-refractivity contribution in [2.24, 2.45) is 74.4 Å². The van der Waals surface area contributed by atoms with Crippen LogP contribution in [-0.2, 0) is 18.9 Å². The quantitative estimate of drug-likeness (QED) is 0.0886. The molecule has 4 aliphatic carbocycles. The third kappa shape index (κ3) is 19.4. The van der Waals surface area contributed by atoms with E-state index in [0.717, 1.165) is 98.7 Å². The highest BCUT2D eigenvalue weighted by molar-refractivity contribution is 7.80. The first-order valence-corrected chi connectivity index (χ1v) is 28.7. The Bertz CT molecular complexity index is 1250. The van der Waals surface area contributed by atoms with Crippen LogP contribution in [0, 0.1) is 74.4 Å². The second-order valence-corrected chi connectivity index (χ2v) is 27.5. The van der Waals surface area contributed by atoms with Crippen LogP contribution in [-0.4, -0.2) is 46.6 Å². The van der Waals surface area contributed by atoms with Gasteiger partial charge >= 0.3 is 0 Å². The van der Waals surface area contributed by atoms with Gasteiger partial charge in [-0.05, 0) is 246 Å². The molecule has 65 heavy (non-hydrogen) atoms. The van der Waals surface area contributed by atoms with E-state index in [9.17, 15) is 0 Å². The summed E-state index contributed by atoms with van der Waals surface area (Å²) in [5.41, 5.74) is 0.496. The van der Waals surface area contributed by atoms with Crippen LogP contribution in [0.2, 0.25) is 0 Å². The van der Waals surface area contributed by atoms with E-state index in [1.165, 1.54) is 103 Å². The summed E-state index contributed by atoms with van der Waals surface area (Å²) in [5, 5.41) is 2.64. The zero-order valence-electron chi connectivity index (χ0n) is 44.2. The van der Waals surface area contributed by atoms with Crippen LogP contribution >= 0.6 is 48.9 Å². The van der Waals surface area contributed by atoms with Gasteiger partial charge in [-0.3, -0.25) is 0 Å². The molecule has 0 amide bonds. The van der Waals surface area contributed by atoms with Crippen molar-refractivity contribution < 1.29 is 18.9 Å². The lowest BCUT2D eigenvalue weighted by Gasteiger charge is -2.39. The average molecular weight is 978 g/mol. The molecule has 0 aromatic rings. The second kappa shape index (κ2) is 26.1. The maximum atomic E-state index is 6.66. The molecule has 4 saturated carbocycles. The molecule has 4 fully saturated rings. The van der Waals surface area contributed by atoms with Gasteiger partial charge in [0.2, 0.25) is 0 Å². The van der Waals surface area contributed by atoms with Crippen molar-refractivity contribution in [2.75, 3.05) is 26.4 Å². The molecule has 8 heteroatoms. The van der Waals surface area contributed by atoms with E-state index in [4.69, 9.17) is 67.8 Å². The Morgan fingerprint density at radius 3 is 0.692 bits per heavy atom. The van der Waals surface area contributed by atoms with E-state index in [1.54, 1.807) is 0 Å². The monoisotopic (exact) mass is 977 g/mol. The van der Waals surface area contributed by atoms with Gasteiger partial charge in [0, 0.05) is 25.7 Å². The van der Waals surface area contributed by atoms with E-state index in [2.05, 4.69) is 83.1 Å². The summed E-state index contributed by atoms with van der Waals surface area (Å²) in [6.45, 7) is 30.1. The van der Waals surface area contributed by atoms with Crippen LogP contribution in [0.15, 0.2) is 0 Å². The number of thiocarbonyl (C=S) groups is 4. The molecule has 4 rings (SSSR count). The first-order valence-electron chi connectivity index (χ1n) is 27.1. The van der Waals surface area contributed by atoms with Crippen LogP contribution in [0.3, 0.4) is 0 Å². The maximum Gasteiger partial charge on any atom is 0.159 e. The molecule has 4 aliphatic rings. The Balaban J connectivity index is 1.46. The van der Waals surface area contributed by atoms with Gasteiger partial charge in [0.1, 0.15) is 31.8 Å². The molecule has 0 bridgehead atoms. The number of rotatable bonds is 24. The van der Waals surface area contributed by atoms with Gasteiger partial charge in [-0.2, -0.15) is 0 Å². The lowest BCUT2D eigenvalue weighted by atomic mass is 9.67. The van der Waals surface area contributed by atoms with E-state index in [0.29, 0.717) is 68.3 Å². The van der Waals surface area contributed by atoms with Gasteiger partial charge in [-0.25, -0.2) is 0 Å². The topological polar surface area (TPSA) is 36.9 Å². The summed E-state index contributed by atoms with van der Waals surface area (Å²) >= 11 is 24.2. The lowest BCUT2D eigenvalue weighted by molar-refractivity contribution is -0.0174. The molecule has 0 heterocycles. The van der Waals surface area contributed by atoms with Crippen LogP contribution in [0.1, 0.15) is 237 Å².